The average Bonchev–Trinajstić information content (AvgIpc) is 2.73. The van der Waals surface area contributed by atoms with E-state index in [-0.39, 0.29) is 5.56 Å². The molecule has 0 amide bonds. The number of para-hydroxylation sites is 1. The highest BCUT2D eigenvalue weighted by molar-refractivity contribution is 7.98. The number of fused-ring (bicyclic) bond motifs is 1. The van der Waals surface area contributed by atoms with Gasteiger partial charge in [-0.05, 0) is 60.4 Å². The Labute approximate surface area is 172 Å². The minimum Gasteiger partial charge on any atom is -0.268 e. The Morgan fingerprint density at radius 2 is 1.75 bits per heavy atom. The molecule has 3 aromatic carbocycles. The van der Waals surface area contributed by atoms with Gasteiger partial charge in [-0.25, -0.2) is 4.98 Å². The third-order valence-corrected chi connectivity index (χ3v) is 5.39. The lowest BCUT2D eigenvalue weighted by Crippen LogP contribution is -2.22. The van der Waals surface area contributed by atoms with E-state index in [0.717, 1.165) is 5.56 Å². The van der Waals surface area contributed by atoms with E-state index in [9.17, 15) is 4.79 Å². The summed E-state index contributed by atoms with van der Waals surface area (Å²) < 4.78 is 1.60. The Hall–Kier alpha value is -2.82. The molecule has 1 heterocycles. The molecule has 0 unspecified atom stereocenters. The molecule has 0 aliphatic carbocycles. The van der Waals surface area contributed by atoms with Crippen LogP contribution in [0.25, 0.3) is 28.7 Å². The molecule has 28 heavy (non-hydrogen) atoms. The molecule has 5 heteroatoms. The van der Waals surface area contributed by atoms with E-state index >= 15 is 0 Å². The first-order valence-electron chi connectivity index (χ1n) is 8.75. The normalized spacial score (nSPS) is 11.4. The maximum atomic E-state index is 13.2. The number of aromatic nitrogens is 2. The molecule has 138 valence electrons. The van der Waals surface area contributed by atoms with Crippen molar-refractivity contribution in [3.05, 3.63) is 99.6 Å². The fourth-order valence-corrected chi connectivity index (χ4v) is 3.60. The monoisotopic (exact) mass is 404 g/mol. The predicted molar refractivity (Wildman–Crippen MR) is 120 cm³/mol. The summed E-state index contributed by atoms with van der Waals surface area (Å²) in [5, 5.41) is 1.14. The van der Waals surface area contributed by atoms with Crippen LogP contribution in [-0.4, -0.2) is 15.8 Å². The third kappa shape index (κ3) is 3.75. The second kappa shape index (κ2) is 8.05. The topological polar surface area (TPSA) is 34.9 Å². The van der Waals surface area contributed by atoms with Gasteiger partial charge in [-0.1, -0.05) is 48.0 Å². The van der Waals surface area contributed by atoms with Gasteiger partial charge in [0.25, 0.3) is 5.56 Å². The standard InChI is InChI=1S/C23H17ClN2OS/c1-28-19-12-9-16(10-13-19)11-14-22-25-21-8-3-2-7-20(21)23(27)26(22)18-6-4-5-17(24)15-18/h2-15H,1H3/b14-11+. The summed E-state index contributed by atoms with van der Waals surface area (Å²) in [6.45, 7) is 0. The molecule has 0 spiro atoms. The van der Waals surface area contributed by atoms with Gasteiger partial charge in [-0.2, -0.15) is 0 Å². The molecule has 0 radical (unpaired) electrons. The lowest BCUT2D eigenvalue weighted by Gasteiger charge is -2.11. The highest BCUT2D eigenvalue weighted by atomic mass is 35.5. The van der Waals surface area contributed by atoms with E-state index in [1.54, 1.807) is 34.5 Å². The highest BCUT2D eigenvalue weighted by Gasteiger charge is 2.11. The van der Waals surface area contributed by atoms with Gasteiger partial charge in [0.1, 0.15) is 5.82 Å². The zero-order chi connectivity index (χ0) is 19.5. The van der Waals surface area contributed by atoms with Crippen molar-refractivity contribution in [2.75, 3.05) is 6.26 Å². The fourth-order valence-electron chi connectivity index (χ4n) is 3.01. The summed E-state index contributed by atoms with van der Waals surface area (Å²) in [4.78, 5) is 19.1. The summed E-state index contributed by atoms with van der Waals surface area (Å²) >= 11 is 7.87. The minimum atomic E-state index is -0.120. The van der Waals surface area contributed by atoms with Crippen LogP contribution in [0.4, 0.5) is 0 Å². The molecule has 0 bridgehead atoms. The van der Waals surface area contributed by atoms with Crippen LogP contribution >= 0.6 is 23.4 Å². The zero-order valence-electron chi connectivity index (χ0n) is 15.2. The van der Waals surface area contributed by atoms with E-state index in [1.165, 1.54) is 4.90 Å². The largest absolute Gasteiger partial charge is 0.268 e. The molecular formula is C23H17ClN2OS. The number of halogens is 1. The van der Waals surface area contributed by atoms with Crippen molar-refractivity contribution in [3.8, 4) is 5.69 Å². The quantitative estimate of drug-likeness (QED) is 0.395. The van der Waals surface area contributed by atoms with Gasteiger partial charge in [0.05, 0.1) is 16.6 Å². The molecule has 3 nitrogen and oxygen atoms in total. The summed E-state index contributed by atoms with van der Waals surface area (Å²) in [6, 6.07) is 22.8. The first-order valence-corrected chi connectivity index (χ1v) is 10.4. The molecule has 0 saturated carbocycles. The van der Waals surface area contributed by atoms with E-state index in [4.69, 9.17) is 16.6 Å². The van der Waals surface area contributed by atoms with Crippen LogP contribution in [0.3, 0.4) is 0 Å². The molecule has 1 aromatic heterocycles. The summed E-state index contributed by atoms with van der Waals surface area (Å²) in [7, 11) is 0. The van der Waals surface area contributed by atoms with Crippen molar-refractivity contribution < 1.29 is 0 Å². The number of hydrogen-bond acceptors (Lipinski definition) is 3. The first-order chi connectivity index (χ1) is 13.7. The Kier molecular flexibility index (Phi) is 5.33. The highest BCUT2D eigenvalue weighted by Crippen LogP contribution is 2.19. The van der Waals surface area contributed by atoms with Gasteiger partial charge >= 0.3 is 0 Å². The van der Waals surface area contributed by atoms with Gasteiger partial charge in [-0.3, -0.25) is 9.36 Å². The van der Waals surface area contributed by atoms with Gasteiger partial charge in [-0.15, -0.1) is 11.8 Å². The molecule has 0 atom stereocenters. The zero-order valence-corrected chi connectivity index (χ0v) is 16.7. The van der Waals surface area contributed by atoms with Crippen molar-refractivity contribution in [2.45, 2.75) is 4.90 Å². The number of benzene rings is 3. The number of hydrogen-bond donors (Lipinski definition) is 0. The Morgan fingerprint density at radius 3 is 2.50 bits per heavy atom. The molecule has 4 rings (SSSR count). The molecule has 0 aliphatic heterocycles. The molecule has 4 aromatic rings. The lowest BCUT2D eigenvalue weighted by molar-refractivity contribution is 0.944. The third-order valence-electron chi connectivity index (χ3n) is 4.41. The van der Waals surface area contributed by atoms with E-state index in [1.807, 2.05) is 60.9 Å². The summed E-state index contributed by atoms with van der Waals surface area (Å²) in [5.74, 6) is 0.555. The maximum Gasteiger partial charge on any atom is 0.266 e. The van der Waals surface area contributed by atoms with Crippen LogP contribution in [0.1, 0.15) is 11.4 Å². The summed E-state index contributed by atoms with van der Waals surface area (Å²) in [5.41, 5.74) is 2.28. The summed E-state index contributed by atoms with van der Waals surface area (Å²) in [6.07, 6.45) is 5.87. The van der Waals surface area contributed by atoms with Crippen molar-refractivity contribution in [2.24, 2.45) is 0 Å². The smallest absolute Gasteiger partial charge is 0.266 e. The van der Waals surface area contributed by atoms with Gasteiger partial charge in [0, 0.05) is 9.92 Å². The first kappa shape index (κ1) is 18.5. The Balaban J connectivity index is 1.89. The van der Waals surface area contributed by atoms with Crippen LogP contribution in [0.5, 0.6) is 0 Å². The molecule has 0 saturated heterocycles. The van der Waals surface area contributed by atoms with E-state index in [0.29, 0.717) is 27.4 Å². The number of rotatable bonds is 4. The molecular weight excluding hydrogens is 388 g/mol. The maximum absolute atomic E-state index is 13.2. The van der Waals surface area contributed by atoms with Crippen LogP contribution in [0.15, 0.2) is 82.5 Å². The number of nitrogens with zero attached hydrogens (tertiary/aromatic N) is 2. The van der Waals surface area contributed by atoms with Gasteiger partial charge < -0.3 is 0 Å². The van der Waals surface area contributed by atoms with E-state index < -0.39 is 0 Å². The predicted octanol–water partition coefficient (Wildman–Crippen LogP) is 5.93. The van der Waals surface area contributed by atoms with Crippen LogP contribution < -0.4 is 5.56 Å². The van der Waals surface area contributed by atoms with Crippen LogP contribution in [0.2, 0.25) is 5.02 Å². The van der Waals surface area contributed by atoms with Crippen molar-refractivity contribution in [1.82, 2.24) is 9.55 Å². The number of thioether (sulfide) groups is 1. The second-order valence-electron chi connectivity index (χ2n) is 6.21. The minimum absolute atomic E-state index is 0.120. The second-order valence-corrected chi connectivity index (χ2v) is 7.53. The average molecular weight is 405 g/mol. The SMILES string of the molecule is CSc1ccc(/C=C/c2nc3ccccc3c(=O)n2-c2cccc(Cl)c2)cc1. The lowest BCUT2D eigenvalue weighted by atomic mass is 10.2. The van der Waals surface area contributed by atoms with Crippen molar-refractivity contribution in [1.29, 1.82) is 0 Å². The van der Waals surface area contributed by atoms with Crippen molar-refractivity contribution >= 4 is 46.4 Å². The Morgan fingerprint density at radius 1 is 0.964 bits per heavy atom. The molecule has 0 N–H and O–H groups in total. The van der Waals surface area contributed by atoms with Crippen molar-refractivity contribution in [3.63, 3.8) is 0 Å². The van der Waals surface area contributed by atoms with Gasteiger partial charge in [0.15, 0.2) is 0 Å². The molecule has 0 fully saturated rings. The van der Waals surface area contributed by atoms with E-state index in [2.05, 4.69) is 12.1 Å². The molecule has 0 aliphatic rings. The van der Waals surface area contributed by atoms with Crippen LogP contribution in [-0.2, 0) is 0 Å². The Bertz CT molecular complexity index is 1230. The van der Waals surface area contributed by atoms with Crippen LogP contribution in [0, 0.1) is 0 Å². The fraction of sp³-hybridized carbons (Fsp3) is 0.0435. The van der Waals surface area contributed by atoms with Gasteiger partial charge in [0.2, 0.25) is 0 Å².